The fourth-order valence-electron chi connectivity index (χ4n) is 2.23. The Kier molecular flexibility index (Phi) is 8.41. The van der Waals surface area contributed by atoms with Gasteiger partial charge in [-0.3, -0.25) is 25.8 Å². The highest BCUT2D eigenvalue weighted by Gasteiger charge is 2.14. The molecule has 0 bridgehead atoms. The van der Waals surface area contributed by atoms with Gasteiger partial charge in [0.05, 0.1) is 11.7 Å². The molecule has 2 aromatic rings. The van der Waals surface area contributed by atoms with Crippen molar-refractivity contribution >= 4 is 45.1 Å². The Bertz CT molecular complexity index is 905. The van der Waals surface area contributed by atoms with Crippen LogP contribution >= 0.6 is 28.1 Å². The summed E-state index contributed by atoms with van der Waals surface area (Å²) in [5.41, 5.74) is 6.17. The fraction of sp³-hybridized carbons (Fsp3) is 0.250. The Morgan fingerprint density at radius 1 is 1.14 bits per heavy atom. The lowest BCUT2D eigenvalue weighted by Gasteiger charge is -2.15. The Balaban J connectivity index is 1.81. The third-order valence-corrected chi connectivity index (χ3v) is 4.63. The van der Waals surface area contributed by atoms with Crippen molar-refractivity contribution in [1.29, 1.82) is 0 Å². The van der Waals surface area contributed by atoms with Gasteiger partial charge >= 0.3 is 0 Å². The van der Waals surface area contributed by atoms with Crippen LogP contribution in [0.1, 0.15) is 29.8 Å². The van der Waals surface area contributed by atoms with E-state index in [2.05, 4.69) is 32.1 Å². The van der Waals surface area contributed by atoms with Crippen molar-refractivity contribution in [2.24, 2.45) is 0 Å². The molecule has 0 aliphatic carbocycles. The van der Waals surface area contributed by atoms with Crippen LogP contribution in [0, 0.1) is 6.92 Å². The summed E-state index contributed by atoms with van der Waals surface area (Å²) >= 11 is 8.45. The maximum Gasteiger partial charge on any atom is 0.276 e. The molecule has 0 saturated heterocycles. The van der Waals surface area contributed by atoms with Gasteiger partial charge in [-0.1, -0.05) is 28.1 Å². The summed E-state index contributed by atoms with van der Waals surface area (Å²) in [6.07, 6.45) is -0.0807. The number of halogens is 1. The second-order valence-corrected chi connectivity index (χ2v) is 7.58. The number of ether oxygens (including phenoxy) is 2. The van der Waals surface area contributed by atoms with E-state index >= 15 is 0 Å². The quantitative estimate of drug-likeness (QED) is 0.435. The minimum atomic E-state index is -0.453. The number of para-hydroxylation sites is 1. The van der Waals surface area contributed by atoms with Crippen LogP contribution in [0.3, 0.4) is 0 Å². The maximum atomic E-state index is 12.4. The van der Waals surface area contributed by atoms with Gasteiger partial charge in [0.15, 0.2) is 11.7 Å². The highest BCUT2D eigenvalue weighted by atomic mass is 79.9. The number of carbonyl (C=O) groups is 2. The van der Waals surface area contributed by atoms with Crippen molar-refractivity contribution in [2.45, 2.75) is 26.9 Å². The summed E-state index contributed by atoms with van der Waals surface area (Å²) in [7, 11) is 0. The van der Waals surface area contributed by atoms with Gasteiger partial charge in [0.25, 0.3) is 11.8 Å². The number of benzene rings is 2. The molecule has 0 saturated carbocycles. The summed E-state index contributed by atoms with van der Waals surface area (Å²) in [6, 6.07) is 12.2. The topological polar surface area (TPSA) is 88.7 Å². The number of rotatable bonds is 6. The molecule has 0 unspecified atom stereocenters. The fourth-order valence-corrected chi connectivity index (χ4v) is 2.62. The summed E-state index contributed by atoms with van der Waals surface area (Å²) in [6.45, 7) is 5.45. The number of amides is 2. The first kappa shape index (κ1) is 22.6. The van der Waals surface area contributed by atoms with Crippen LogP contribution in [0.5, 0.6) is 11.5 Å². The van der Waals surface area contributed by atoms with Crippen LogP contribution in [-0.4, -0.2) is 29.6 Å². The van der Waals surface area contributed by atoms with Crippen LogP contribution in [0.4, 0.5) is 0 Å². The van der Waals surface area contributed by atoms with Crippen molar-refractivity contribution in [2.75, 3.05) is 6.61 Å². The largest absolute Gasteiger partial charge is 0.490 e. The lowest BCUT2D eigenvalue weighted by atomic mass is 10.2. The van der Waals surface area contributed by atoms with E-state index in [9.17, 15) is 9.59 Å². The number of carbonyl (C=O) groups excluding carboxylic acids is 2. The molecule has 0 aliphatic rings. The lowest BCUT2D eigenvalue weighted by Crippen LogP contribution is -2.49. The van der Waals surface area contributed by atoms with Gasteiger partial charge in [-0.2, -0.15) is 0 Å². The predicted octanol–water partition coefficient (Wildman–Crippen LogP) is 3.26. The molecule has 0 spiro atoms. The molecule has 2 aromatic carbocycles. The second-order valence-electron chi connectivity index (χ2n) is 6.32. The molecule has 9 heteroatoms. The normalized spacial score (nSPS) is 10.2. The van der Waals surface area contributed by atoms with E-state index in [1.165, 1.54) is 0 Å². The van der Waals surface area contributed by atoms with Crippen molar-refractivity contribution in [3.8, 4) is 11.5 Å². The van der Waals surface area contributed by atoms with Crippen LogP contribution in [-0.2, 0) is 4.79 Å². The van der Waals surface area contributed by atoms with Crippen LogP contribution in [0.2, 0.25) is 0 Å². The number of aryl methyl sites for hydroxylation is 1. The first-order chi connectivity index (χ1) is 13.8. The number of hydrazine groups is 1. The van der Waals surface area contributed by atoms with E-state index in [0.717, 1.165) is 10.0 Å². The van der Waals surface area contributed by atoms with Crippen molar-refractivity contribution in [3.05, 3.63) is 58.1 Å². The SMILES string of the molecule is Cc1cc(OCC(=O)NNC(=S)NC(=O)c2ccccc2OC(C)C)ccc1Br. The monoisotopic (exact) mass is 479 g/mol. The third-order valence-electron chi connectivity index (χ3n) is 3.54. The molecule has 2 amide bonds. The molecule has 0 aliphatic heterocycles. The minimum Gasteiger partial charge on any atom is -0.490 e. The third kappa shape index (κ3) is 7.35. The van der Waals surface area contributed by atoms with Gasteiger partial charge in [0.1, 0.15) is 11.5 Å². The van der Waals surface area contributed by atoms with Gasteiger partial charge < -0.3 is 9.47 Å². The number of nitrogens with one attached hydrogen (secondary N) is 3. The van der Waals surface area contributed by atoms with Gasteiger partial charge in [-0.15, -0.1) is 0 Å². The van der Waals surface area contributed by atoms with E-state index in [-0.39, 0.29) is 17.8 Å². The number of thiocarbonyl (C=S) groups is 1. The Morgan fingerprint density at radius 3 is 2.55 bits per heavy atom. The molecule has 154 valence electrons. The van der Waals surface area contributed by atoms with Crippen molar-refractivity contribution in [1.82, 2.24) is 16.2 Å². The van der Waals surface area contributed by atoms with Gasteiger partial charge in [-0.25, -0.2) is 0 Å². The Labute approximate surface area is 183 Å². The Hall–Kier alpha value is -2.65. The van der Waals surface area contributed by atoms with E-state index < -0.39 is 11.8 Å². The highest BCUT2D eigenvalue weighted by molar-refractivity contribution is 9.10. The average Bonchev–Trinajstić information content (AvgIpc) is 2.67. The molecule has 7 nitrogen and oxygen atoms in total. The first-order valence-electron chi connectivity index (χ1n) is 8.81. The molecular weight excluding hydrogens is 458 g/mol. The average molecular weight is 480 g/mol. The summed E-state index contributed by atoms with van der Waals surface area (Å²) in [5.74, 6) is 0.115. The molecule has 2 rings (SSSR count). The predicted molar refractivity (Wildman–Crippen MR) is 118 cm³/mol. The molecule has 0 aromatic heterocycles. The van der Waals surface area contributed by atoms with E-state index in [0.29, 0.717) is 17.1 Å². The van der Waals surface area contributed by atoms with Crippen LogP contribution < -0.4 is 25.6 Å². The first-order valence-corrected chi connectivity index (χ1v) is 10.0. The molecule has 3 N–H and O–H groups in total. The zero-order valence-corrected chi connectivity index (χ0v) is 18.6. The number of hydrogen-bond donors (Lipinski definition) is 3. The van der Waals surface area contributed by atoms with Crippen LogP contribution in [0.15, 0.2) is 46.9 Å². The van der Waals surface area contributed by atoms with Crippen molar-refractivity contribution in [3.63, 3.8) is 0 Å². The van der Waals surface area contributed by atoms with E-state index in [1.807, 2.05) is 32.9 Å². The van der Waals surface area contributed by atoms with Gasteiger partial charge in [-0.05, 0) is 68.9 Å². The summed E-state index contributed by atoms with van der Waals surface area (Å²) in [5, 5.41) is 2.44. The maximum absolute atomic E-state index is 12.4. The van der Waals surface area contributed by atoms with E-state index in [1.54, 1.807) is 30.3 Å². The van der Waals surface area contributed by atoms with Gasteiger partial charge in [0, 0.05) is 4.47 Å². The lowest BCUT2D eigenvalue weighted by molar-refractivity contribution is -0.123. The number of hydrogen-bond acceptors (Lipinski definition) is 5. The van der Waals surface area contributed by atoms with Crippen LogP contribution in [0.25, 0.3) is 0 Å². The highest BCUT2D eigenvalue weighted by Crippen LogP contribution is 2.21. The molecule has 0 radical (unpaired) electrons. The second kappa shape index (κ2) is 10.8. The molecule has 0 fully saturated rings. The molecular formula is C20H22BrN3O4S. The Morgan fingerprint density at radius 2 is 1.86 bits per heavy atom. The smallest absolute Gasteiger partial charge is 0.276 e. The zero-order chi connectivity index (χ0) is 21.4. The molecule has 29 heavy (non-hydrogen) atoms. The summed E-state index contributed by atoms with van der Waals surface area (Å²) in [4.78, 5) is 24.3. The minimum absolute atomic E-state index is 0.0535. The summed E-state index contributed by atoms with van der Waals surface area (Å²) < 4.78 is 12.0. The van der Waals surface area contributed by atoms with Crippen molar-refractivity contribution < 1.29 is 19.1 Å². The van der Waals surface area contributed by atoms with Gasteiger partial charge in [0.2, 0.25) is 0 Å². The molecule has 0 atom stereocenters. The standard InChI is InChI=1S/C20H22BrN3O4S/c1-12(2)28-17-7-5-4-6-15(17)19(26)22-20(29)24-23-18(25)11-27-14-8-9-16(21)13(3)10-14/h4-10,12H,11H2,1-3H3,(H,23,25)(H2,22,24,26,29). The van der Waals surface area contributed by atoms with E-state index in [4.69, 9.17) is 21.7 Å². The molecule has 0 heterocycles. The zero-order valence-electron chi connectivity index (χ0n) is 16.2.